The largest absolute Gasteiger partial charge is 0.368 e. The topological polar surface area (TPSA) is 68.0 Å². The number of amides is 1. The predicted octanol–water partition coefficient (Wildman–Crippen LogP) is 1.81. The molecule has 1 unspecified atom stereocenters. The molecule has 4 nitrogen and oxygen atoms in total. The van der Waals surface area contributed by atoms with E-state index < -0.39 is 5.54 Å². The Morgan fingerprint density at radius 2 is 2.32 bits per heavy atom. The van der Waals surface area contributed by atoms with E-state index in [4.69, 9.17) is 5.73 Å². The normalized spacial score (nSPS) is 18.3. The van der Waals surface area contributed by atoms with Crippen LogP contribution in [0.4, 0.5) is 0 Å². The predicted molar refractivity (Wildman–Crippen MR) is 77.9 cm³/mol. The fourth-order valence-corrected chi connectivity index (χ4v) is 3.48. The molecule has 1 aromatic heterocycles. The molecule has 0 aromatic carbocycles. The number of hydrogen-bond acceptors (Lipinski definition) is 4. The van der Waals surface area contributed by atoms with Crippen LogP contribution in [0.5, 0.6) is 0 Å². The Hall–Kier alpha value is -1.07. The fourth-order valence-electron chi connectivity index (χ4n) is 2.33. The van der Waals surface area contributed by atoms with Crippen LogP contribution in [0.15, 0.2) is 29.4 Å². The lowest BCUT2D eigenvalue weighted by molar-refractivity contribution is -0.124. The Balaban J connectivity index is 2.11. The van der Waals surface area contributed by atoms with Gasteiger partial charge in [-0.2, -0.15) is 0 Å². The quantitative estimate of drug-likeness (QED) is 0.747. The molecule has 1 fully saturated rings. The molecule has 1 aliphatic carbocycles. The summed E-state index contributed by atoms with van der Waals surface area (Å²) >= 11 is 1.59. The van der Waals surface area contributed by atoms with Crippen LogP contribution < -0.4 is 11.1 Å². The Kier molecular flexibility index (Phi) is 4.47. The third kappa shape index (κ3) is 3.48. The van der Waals surface area contributed by atoms with E-state index in [0.717, 1.165) is 17.9 Å². The number of nitrogens with zero attached hydrogens (tertiary/aromatic N) is 1. The molecule has 0 bridgehead atoms. The van der Waals surface area contributed by atoms with Gasteiger partial charge >= 0.3 is 0 Å². The van der Waals surface area contributed by atoms with Crippen molar-refractivity contribution in [1.29, 1.82) is 0 Å². The summed E-state index contributed by atoms with van der Waals surface area (Å²) < 4.78 is 0. The van der Waals surface area contributed by atoms with E-state index >= 15 is 0 Å². The molecule has 0 aliphatic heterocycles. The van der Waals surface area contributed by atoms with Crippen LogP contribution in [0.1, 0.15) is 26.7 Å². The Labute approximate surface area is 118 Å². The lowest BCUT2D eigenvalue weighted by Crippen LogP contribution is -2.61. The number of pyridine rings is 1. The maximum Gasteiger partial charge on any atom is 0.238 e. The molecule has 0 radical (unpaired) electrons. The summed E-state index contributed by atoms with van der Waals surface area (Å²) in [5, 5.41) is 4.33. The van der Waals surface area contributed by atoms with E-state index in [2.05, 4.69) is 10.3 Å². The van der Waals surface area contributed by atoms with Crippen molar-refractivity contribution in [3.05, 3.63) is 24.4 Å². The molecule has 3 N–H and O–H groups in total. The molecule has 1 atom stereocenters. The minimum atomic E-state index is -0.601. The van der Waals surface area contributed by atoms with Crippen LogP contribution >= 0.6 is 11.8 Å². The number of nitrogens with two attached hydrogens (primary N) is 1. The average molecular weight is 279 g/mol. The monoisotopic (exact) mass is 279 g/mol. The molecule has 2 rings (SSSR count). The zero-order chi connectivity index (χ0) is 13.9. The van der Waals surface area contributed by atoms with E-state index in [1.807, 2.05) is 32.0 Å². The van der Waals surface area contributed by atoms with E-state index in [0.29, 0.717) is 11.7 Å². The second kappa shape index (κ2) is 5.92. The Morgan fingerprint density at radius 1 is 1.58 bits per heavy atom. The van der Waals surface area contributed by atoms with Gasteiger partial charge < -0.3 is 11.1 Å². The molecule has 1 aromatic rings. The minimum absolute atomic E-state index is 0.234. The lowest BCUT2D eigenvalue weighted by Gasteiger charge is -2.33. The molecule has 104 valence electrons. The van der Waals surface area contributed by atoms with Crippen molar-refractivity contribution in [2.24, 2.45) is 11.7 Å². The first-order valence-corrected chi connectivity index (χ1v) is 7.64. The molecule has 19 heavy (non-hydrogen) atoms. The first-order valence-electron chi connectivity index (χ1n) is 6.66. The van der Waals surface area contributed by atoms with Crippen LogP contribution in [-0.2, 0) is 4.79 Å². The molecule has 0 spiro atoms. The van der Waals surface area contributed by atoms with Gasteiger partial charge in [-0.25, -0.2) is 4.98 Å². The third-order valence-electron chi connectivity index (χ3n) is 3.35. The summed E-state index contributed by atoms with van der Waals surface area (Å²) in [7, 11) is 0. The van der Waals surface area contributed by atoms with Crippen molar-refractivity contribution >= 4 is 17.7 Å². The average Bonchev–Trinajstić information content (AvgIpc) is 3.19. The number of thioether (sulfide) groups is 1. The van der Waals surface area contributed by atoms with E-state index in [1.54, 1.807) is 18.0 Å². The number of carbonyl (C=O) groups is 1. The van der Waals surface area contributed by atoms with Gasteiger partial charge in [0.05, 0.1) is 5.03 Å². The van der Waals surface area contributed by atoms with E-state index in [-0.39, 0.29) is 11.9 Å². The standard InChI is InChI=1S/C14H21N3OS/c1-10(2)17-14(13(15)18,11-6-7-11)9-19-12-5-3-4-8-16-12/h3-5,8,10-11,17H,6-7,9H2,1-2H3,(H2,15,18). The highest BCUT2D eigenvalue weighted by Gasteiger charge is 2.49. The third-order valence-corrected chi connectivity index (χ3v) is 4.48. The fraction of sp³-hybridized carbons (Fsp3) is 0.571. The van der Waals surface area contributed by atoms with Crippen LogP contribution in [0.25, 0.3) is 0 Å². The van der Waals surface area contributed by atoms with Gasteiger partial charge in [0.25, 0.3) is 0 Å². The molecular weight excluding hydrogens is 258 g/mol. The lowest BCUT2D eigenvalue weighted by atomic mass is 9.93. The van der Waals surface area contributed by atoms with Gasteiger partial charge in [-0.1, -0.05) is 6.07 Å². The molecule has 1 heterocycles. The van der Waals surface area contributed by atoms with Crippen LogP contribution in [0, 0.1) is 5.92 Å². The van der Waals surface area contributed by atoms with Crippen LogP contribution in [0.2, 0.25) is 0 Å². The molecular formula is C14H21N3OS. The van der Waals surface area contributed by atoms with Gasteiger partial charge in [0, 0.05) is 18.0 Å². The summed E-state index contributed by atoms with van der Waals surface area (Å²) in [5.41, 5.74) is 5.09. The Bertz CT molecular complexity index is 434. The number of rotatable bonds is 7. The first kappa shape index (κ1) is 14.3. The highest BCUT2D eigenvalue weighted by molar-refractivity contribution is 7.99. The molecule has 1 amide bonds. The number of nitrogens with one attached hydrogen (secondary N) is 1. The van der Waals surface area contributed by atoms with Gasteiger partial charge in [0.1, 0.15) is 5.54 Å². The number of carbonyl (C=O) groups excluding carboxylic acids is 1. The second-order valence-corrected chi connectivity index (χ2v) is 6.36. The van der Waals surface area contributed by atoms with Crippen molar-refractivity contribution in [1.82, 2.24) is 10.3 Å². The SMILES string of the molecule is CC(C)NC(CSc1ccccn1)(C(N)=O)C1CC1. The molecule has 1 aliphatic rings. The highest BCUT2D eigenvalue weighted by Crippen LogP contribution is 2.42. The maximum atomic E-state index is 12.0. The van der Waals surface area contributed by atoms with E-state index in [1.165, 1.54) is 0 Å². The van der Waals surface area contributed by atoms with Crippen molar-refractivity contribution in [3.8, 4) is 0 Å². The van der Waals surface area contributed by atoms with Gasteiger partial charge in [-0.05, 0) is 44.7 Å². The highest BCUT2D eigenvalue weighted by atomic mass is 32.2. The van der Waals surface area contributed by atoms with Gasteiger partial charge in [-0.3, -0.25) is 4.79 Å². The molecule has 0 saturated heterocycles. The molecule has 1 saturated carbocycles. The van der Waals surface area contributed by atoms with Gasteiger partial charge in [0.15, 0.2) is 0 Å². The minimum Gasteiger partial charge on any atom is -0.368 e. The summed E-state index contributed by atoms with van der Waals surface area (Å²) in [6.07, 6.45) is 3.91. The summed E-state index contributed by atoms with van der Waals surface area (Å²) in [4.78, 5) is 16.3. The van der Waals surface area contributed by atoms with Gasteiger partial charge in [0.2, 0.25) is 5.91 Å². The summed E-state index contributed by atoms with van der Waals surface area (Å²) in [6, 6.07) is 6.03. The second-order valence-electron chi connectivity index (χ2n) is 5.37. The van der Waals surface area contributed by atoms with Gasteiger partial charge in [-0.15, -0.1) is 11.8 Å². The van der Waals surface area contributed by atoms with Crippen molar-refractivity contribution in [2.75, 3.05) is 5.75 Å². The zero-order valence-corrected chi connectivity index (χ0v) is 12.2. The smallest absolute Gasteiger partial charge is 0.238 e. The number of primary amides is 1. The zero-order valence-electron chi connectivity index (χ0n) is 11.4. The van der Waals surface area contributed by atoms with Crippen molar-refractivity contribution in [3.63, 3.8) is 0 Å². The van der Waals surface area contributed by atoms with Crippen molar-refractivity contribution < 1.29 is 4.79 Å². The van der Waals surface area contributed by atoms with Crippen LogP contribution in [0.3, 0.4) is 0 Å². The molecule has 5 heteroatoms. The van der Waals surface area contributed by atoms with Crippen molar-refractivity contribution in [2.45, 2.75) is 43.3 Å². The first-order chi connectivity index (χ1) is 9.04. The number of aromatic nitrogens is 1. The van der Waals surface area contributed by atoms with E-state index in [9.17, 15) is 4.79 Å². The maximum absolute atomic E-state index is 12.0. The number of hydrogen-bond donors (Lipinski definition) is 2. The van der Waals surface area contributed by atoms with Crippen LogP contribution in [-0.4, -0.2) is 28.2 Å². The summed E-state index contributed by atoms with van der Waals surface area (Å²) in [6.45, 7) is 4.09. The Morgan fingerprint density at radius 3 is 2.79 bits per heavy atom. The summed E-state index contributed by atoms with van der Waals surface area (Å²) in [5.74, 6) is 0.762.